The predicted molar refractivity (Wildman–Crippen MR) is 87.6 cm³/mol. The molecule has 2 saturated carbocycles. The van der Waals surface area contributed by atoms with Gasteiger partial charge in [-0.3, -0.25) is 9.69 Å². The molecule has 1 amide bonds. The third kappa shape index (κ3) is 1.51. The first-order valence-electron chi connectivity index (χ1n) is 9.05. The molecule has 2 heterocycles. The van der Waals surface area contributed by atoms with E-state index in [1.54, 1.807) is 0 Å². The van der Waals surface area contributed by atoms with E-state index in [-0.39, 0.29) is 29.8 Å². The Kier molecular flexibility index (Phi) is 2.90. The number of carbonyl (C=O) groups excluding carboxylic acids is 1. The quantitative estimate of drug-likeness (QED) is 0.920. The number of hydrogen-bond acceptors (Lipinski definition) is 4. The summed E-state index contributed by atoms with van der Waals surface area (Å²) in [6.07, 6.45) is 1.11. The zero-order valence-electron chi connectivity index (χ0n) is 14.0. The smallest absolute Gasteiger partial charge is 0.233 e. The van der Waals surface area contributed by atoms with Crippen LogP contribution in [0.15, 0.2) is 24.3 Å². The van der Waals surface area contributed by atoms with Gasteiger partial charge in [0, 0.05) is 11.6 Å². The number of anilines is 1. The van der Waals surface area contributed by atoms with Gasteiger partial charge in [0.15, 0.2) is 5.72 Å². The molecule has 0 unspecified atom stereocenters. The van der Waals surface area contributed by atoms with Crippen LogP contribution >= 0.6 is 0 Å². The Balaban J connectivity index is 1.57. The van der Waals surface area contributed by atoms with Crippen LogP contribution in [0.2, 0.25) is 0 Å². The fourth-order valence-corrected chi connectivity index (χ4v) is 5.97. The van der Waals surface area contributed by atoms with Crippen molar-refractivity contribution in [3.63, 3.8) is 0 Å². The fourth-order valence-electron chi connectivity index (χ4n) is 5.97. The molecule has 2 aliphatic heterocycles. The third-order valence-corrected chi connectivity index (χ3v) is 6.71. The minimum Gasteiger partial charge on any atom is -0.494 e. The van der Waals surface area contributed by atoms with E-state index in [4.69, 9.17) is 9.47 Å². The second kappa shape index (κ2) is 4.73. The van der Waals surface area contributed by atoms with Crippen molar-refractivity contribution in [3.05, 3.63) is 24.3 Å². The van der Waals surface area contributed by atoms with Crippen LogP contribution in [-0.4, -0.2) is 35.6 Å². The highest BCUT2D eigenvalue weighted by molar-refractivity contribution is 6.00. The van der Waals surface area contributed by atoms with Gasteiger partial charge in [0.05, 0.1) is 24.7 Å². The summed E-state index contributed by atoms with van der Waals surface area (Å²) in [4.78, 5) is 15.1. The zero-order chi connectivity index (χ0) is 16.6. The number of amides is 1. The van der Waals surface area contributed by atoms with Crippen LogP contribution in [0.4, 0.5) is 5.69 Å². The van der Waals surface area contributed by atoms with Crippen molar-refractivity contribution < 1.29 is 19.4 Å². The maximum Gasteiger partial charge on any atom is 0.233 e. The molecule has 2 bridgehead atoms. The first-order valence-corrected chi connectivity index (χ1v) is 9.05. The minimum absolute atomic E-state index is 0.0682. The van der Waals surface area contributed by atoms with Crippen molar-refractivity contribution in [2.24, 2.45) is 23.7 Å². The largest absolute Gasteiger partial charge is 0.494 e. The number of carbonyl (C=O) groups is 1. The van der Waals surface area contributed by atoms with Crippen molar-refractivity contribution in [1.29, 1.82) is 0 Å². The van der Waals surface area contributed by atoms with Crippen molar-refractivity contribution in [1.82, 2.24) is 0 Å². The first-order chi connectivity index (χ1) is 11.6. The highest BCUT2D eigenvalue weighted by Crippen LogP contribution is 2.68. The molecule has 2 aliphatic carbocycles. The van der Waals surface area contributed by atoms with Crippen LogP contribution in [0.25, 0.3) is 0 Å². The van der Waals surface area contributed by atoms with Gasteiger partial charge in [-0.1, -0.05) is 6.92 Å². The molecule has 5 nitrogen and oxygen atoms in total. The lowest BCUT2D eigenvalue weighted by Gasteiger charge is -2.38. The lowest BCUT2D eigenvalue weighted by Crippen LogP contribution is -2.50. The minimum atomic E-state index is -0.587. The summed E-state index contributed by atoms with van der Waals surface area (Å²) in [6, 6.07) is 7.71. The predicted octanol–water partition coefficient (Wildman–Crippen LogP) is 2.18. The summed E-state index contributed by atoms with van der Waals surface area (Å²) in [5.41, 5.74) is 0.283. The Labute approximate surface area is 141 Å². The highest BCUT2D eigenvalue weighted by Gasteiger charge is 2.77. The van der Waals surface area contributed by atoms with E-state index < -0.39 is 11.8 Å². The molecule has 24 heavy (non-hydrogen) atoms. The molecule has 4 aliphatic rings. The number of nitrogens with zero attached hydrogens (tertiary/aromatic N) is 1. The molecule has 5 rings (SSSR count). The van der Waals surface area contributed by atoms with Gasteiger partial charge in [0.1, 0.15) is 5.75 Å². The van der Waals surface area contributed by atoms with Crippen LogP contribution in [0.1, 0.15) is 26.7 Å². The van der Waals surface area contributed by atoms with Crippen LogP contribution in [0, 0.1) is 23.7 Å². The molecule has 128 valence electrons. The van der Waals surface area contributed by atoms with Gasteiger partial charge in [-0.2, -0.15) is 0 Å². The van der Waals surface area contributed by atoms with Crippen LogP contribution < -0.4 is 9.64 Å². The summed E-state index contributed by atoms with van der Waals surface area (Å²) in [5, 5.41) is 10.5. The molecule has 0 aromatic heterocycles. The Hall–Kier alpha value is -1.59. The Morgan fingerprint density at radius 1 is 1.29 bits per heavy atom. The van der Waals surface area contributed by atoms with Gasteiger partial charge >= 0.3 is 0 Å². The monoisotopic (exact) mass is 329 g/mol. The molecule has 7 atom stereocenters. The number of hydrogen-bond donors (Lipinski definition) is 1. The van der Waals surface area contributed by atoms with Crippen molar-refractivity contribution in [2.45, 2.75) is 44.6 Å². The van der Waals surface area contributed by atoms with E-state index >= 15 is 0 Å². The van der Waals surface area contributed by atoms with E-state index in [9.17, 15) is 9.90 Å². The number of aliphatic hydroxyl groups excluding tert-OH is 1. The first kappa shape index (κ1) is 14.7. The molecule has 0 spiro atoms. The summed E-state index contributed by atoms with van der Waals surface area (Å²) in [6.45, 7) is 4.66. The summed E-state index contributed by atoms with van der Waals surface area (Å²) in [7, 11) is 0. The molecule has 1 N–H and O–H groups in total. The lowest BCUT2D eigenvalue weighted by atomic mass is 9.76. The van der Waals surface area contributed by atoms with Crippen LogP contribution in [0.5, 0.6) is 5.75 Å². The van der Waals surface area contributed by atoms with E-state index in [2.05, 4.69) is 6.92 Å². The van der Waals surface area contributed by atoms with Gasteiger partial charge in [0.25, 0.3) is 0 Å². The van der Waals surface area contributed by atoms with Crippen LogP contribution in [-0.2, 0) is 9.53 Å². The lowest BCUT2D eigenvalue weighted by molar-refractivity contribution is -0.133. The standard InChI is InChI=1S/C19H23NO4/c1-3-19-15-13-9-12(16(21)17(13)24-19)14(15)18(22)20(19)10-5-7-11(8-6-10)23-4-2/h5-8,12-17,21H,3-4,9H2,1-2H3/t12-,13-,14-,15+,16+,17+,19-/m1/s1. The van der Waals surface area contributed by atoms with Gasteiger partial charge in [-0.05, 0) is 55.9 Å². The average Bonchev–Trinajstić information content (AvgIpc) is 3.25. The molecule has 2 saturated heterocycles. The zero-order valence-corrected chi connectivity index (χ0v) is 14.0. The van der Waals surface area contributed by atoms with Crippen molar-refractivity contribution in [2.75, 3.05) is 11.5 Å². The van der Waals surface area contributed by atoms with Crippen LogP contribution in [0.3, 0.4) is 0 Å². The van der Waals surface area contributed by atoms with E-state index in [0.29, 0.717) is 12.5 Å². The summed E-state index contributed by atoms with van der Waals surface area (Å²) < 4.78 is 11.9. The molecular weight excluding hydrogens is 306 g/mol. The van der Waals surface area contributed by atoms with Gasteiger partial charge in [0.2, 0.25) is 5.91 Å². The Morgan fingerprint density at radius 3 is 2.71 bits per heavy atom. The van der Waals surface area contributed by atoms with Crippen molar-refractivity contribution in [3.8, 4) is 5.75 Å². The average molecular weight is 329 g/mol. The van der Waals surface area contributed by atoms with Gasteiger partial charge < -0.3 is 14.6 Å². The number of rotatable bonds is 4. The molecule has 0 radical (unpaired) electrons. The van der Waals surface area contributed by atoms with E-state index in [1.807, 2.05) is 36.1 Å². The molecule has 5 heteroatoms. The maximum absolute atomic E-state index is 13.2. The summed E-state index contributed by atoms with van der Waals surface area (Å²) in [5.74, 6) is 1.46. The molecule has 1 aromatic rings. The van der Waals surface area contributed by atoms with Gasteiger partial charge in [-0.25, -0.2) is 0 Å². The number of aliphatic hydroxyl groups is 1. The third-order valence-electron chi connectivity index (χ3n) is 6.71. The summed E-state index contributed by atoms with van der Waals surface area (Å²) >= 11 is 0. The highest BCUT2D eigenvalue weighted by atomic mass is 16.6. The number of fused-ring (bicyclic) bond motifs is 2. The number of ether oxygens (including phenoxy) is 2. The normalized spacial score (nSPS) is 44.6. The molecular formula is C19H23NO4. The maximum atomic E-state index is 13.2. The van der Waals surface area contributed by atoms with Gasteiger partial charge in [-0.15, -0.1) is 0 Å². The Bertz CT molecular complexity index is 689. The Morgan fingerprint density at radius 2 is 2.04 bits per heavy atom. The second-order valence-electron chi connectivity index (χ2n) is 7.49. The SMILES string of the molecule is CCOc1ccc(N2C(=O)[C@@H]3[C@H]4C[C@H]5[C@H](O[C@]2(CC)[C@@H]53)[C@H]4O)cc1. The molecule has 4 fully saturated rings. The topological polar surface area (TPSA) is 59.0 Å². The number of benzene rings is 1. The molecule has 1 aromatic carbocycles. The fraction of sp³-hybridized carbons (Fsp3) is 0.632. The van der Waals surface area contributed by atoms with E-state index in [1.165, 1.54) is 0 Å². The second-order valence-corrected chi connectivity index (χ2v) is 7.49. The van der Waals surface area contributed by atoms with E-state index in [0.717, 1.165) is 24.3 Å². The van der Waals surface area contributed by atoms with Crippen molar-refractivity contribution >= 4 is 11.6 Å².